The molecule has 1 aromatic heterocycles. The van der Waals surface area contributed by atoms with E-state index in [1.165, 1.54) is 0 Å². The monoisotopic (exact) mass is 243 g/mol. The van der Waals surface area contributed by atoms with Crippen molar-refractivity contribution in [2.45, 2.75) is 38.8 Å². The molecule has 0 spiro atoms. The van der Waals surface area contributed by atoms with Crippen LogP contribution in [0.5, 0.6) is 0 Å². The number of nitrogens with zero attached hydrogens (tertiary/aromatic N) is 2. The second kappa shape index (κ2) is 8.16. The summed E-state index contributed by atoms with van der Waals surface area (Å²) in [5.41, 5.74) is 5.91. The minimum absolute atomic E-state index is 0.224. The molecule has 1 aromatic rings. The average Bonchev–Trinajstić information content (AvgIpc) is 2.78. The molecule has 0 aromatic carbocycles. The van der Waals surface area contributed by atoms with Crippen molar-refractivity contribution in [3.63, 3.8) is 0 Å². The van der Waals surface area contributed by atoms with E-state index in [0.717, 1.165) is 19.3 Å². The lowest BCUT2D eigenvalue weighted by Gasteiger charge is -2.04. The van der Waals surface area contributed by atoms with Gasteiger partial charge in [-0.15, -0.1) is 0 Å². The Morgan fingerprint density at radius 3 is 2.94 bits per heavy atom. The van der Waals surface area contributed by atoms with Crippen LogP contribution in [-0.2, 0) is 16.1 Å². The molecule has 6 heteroatoms. The summed E-state index contributed by atoms with van der Waals surface area (Å²) in [6.07, 6.45) is 2.62. The molecule has 2 N–H and O–H groups in total. The molecule has 0 amide bonds. The van der Waals surface area contributed by atoms with Crippen molar-refractivity contribution in [2.24, 2.45) is 5.73 Å². The summed E-state index contributed by atoms with van der Waals surface area (Å²) in [5, 5.41) is 3.81. The van der Waals surface area contributed by atoms with E-state index in [2.05, 4.69) is 10.1 Å². The summed E-state index contributed by atoms with van der Waals surface area (Å²) >= 11 is 0. The van der Waals surface area contributed by atoms with Gasteiger partial charge in [-0.05, 0) is 19.3 Å². The van der Waals surface area contributed by atoms with Crippen molar-refractivity contribution in [2.75, 3.05) is 20.3 Å². The molecule has 0 bridgehead atoms. The van der Waals surface area contributed by atoms with Crippen LogP contribution in [0.4, 0.5) is 0 Å². The van der Waals surface area contributed by atoms with Gasteiger partial charge in [-0.1, -0.05) is 12.1 Å². The van der Waals surface area contributed by atoms with Gasteiger partial charge >= 0.3 is 0 Å². The van der Waals surface area contributed by atoms with Crippen LogP contribution >= 0.6 is 0 Å². The Bertz CT molecular complexity index is 304. The molecular weight excluding hydrogens is 222 g/mol. The largest absolute Gasteiger partial charge is 0.385 e. The lowest BCUT2D eigenvalue weighted by atomic mass is 10.2. The lowest BCUT2D eigenvalue weighted by molar-refractivity contribution is 0.114. The zero-order chi connectivity index (χ0) is 12.5. The van der Waals surface area contributed by atoms with E-state index >= 15 is 0 Å². The van der Waals surface area contributed by atoms with Gasteiger partial charge < -0.3 is 19.7 Å². The van der Waals surface area contributed by atoms with Crippen LogP contribution in [0.15, 0.2) is 4.52 Å². The minimum Gasteiger partial charge on any atom is -0.385 e. The zero-order valence-electron chi connectivity index (χ0n) is 10.5. The summed E-state index contributed by atoms with van der Waals surface area (Å²) in [4.78, 5) is 4.19. The molecule has 1 heterocycles. The molecule has 1 unspecified atom stereocenters. The molecule has 1 atom stereocenters. The number of methoxy groups -OCH3 is 1. The molecule has 0 fully saturated rings. The fourth-order valence-electron chi connectivity index (χ4n) is 1.36. The van der Waals surface area contributed by atoms with E-state index in [-0.39, 0.29) is 6.04 Å². The molecule has 0 aliphatic carbocycles. The highest BCUT2D eigenvalue weighted by molar-refractivity contribution is 4.90. The van der Waals surface area contributed by atoms with Crippen LogP contribution in [0, 0.1) is 0 Å². The first-order chi connectivity index (χ1) is 8.27. The Kier molecular flexibility index (Phi) is 6.76. The number of nitrogens with two attached hydrogens (primary N) is 1. The number of aromatic nitrogens is 2. The van der Waals surface area contributed by atoms with Crippen LogP contribution in [0.3, 0.4) is 0 Å². The average molecular weight is 243 g/mol. The second-order valence-electron chi connectivity index (χ2n) is 3.84. The van der Waals surface area contributed by atoms with Gasteiger partial charge in [-0.25, -0.2) is 0 Å². The van der Waals surface area contributed by atoms with E-state index in [4.69, 9.17) is 19.7 Å². The van der Waals surface area contributed by atoms with E-state index in [0.29, 0.717) is 31.5 Å². The van der Waals surface area contributed by atoms with Crippen LogP contribution in [-0.4, -0.2) is 30.5 Å². The summed E-state index contributed by atoms with van der Waals surface area (Å²) < 4.78 is 15.4. The van der Waals surface area contributed by atoms with Gasteiger partial charge in [0.25, 0.3) is 0 Å². The lowest BCUT2D eigenvalue weighted by Crippen LogP contribution is -2.11. The van der Waals surface area contributed by atoms with Crippen molar-refractivity contribution in [3.05, 3.63) is 11.7 Å². The molecule has 98 valence electrons. The van der Waals surface area contributed by atoms with Gasteiger partial charge in [0.2, 0.25) is 5.89 Å². The third kappa shape index (κ3) is 5.25. The zero-order valence-corrected chi connectivity index (χ0v) is 10.5. The maximum atomic E-state index is 5.91. The maximum Gasteiger partial charge on any atom is 0.243 e. The molecule has 0 saturated carbocycles. The number of rotatable bonds is 9. The van der Waals surface area contributed by atoms with Gasteiger partial charge in [0.15, 0.2) is 5.82 Å². The predicted molar refractivity (Wildman–Crippen MR) is 62.3 cm³/mol. The van der Waals surface area contributed by atoms with Gasteiger partial charge in [-0.2, -0.15) is 4.98 Å². The van der Waals surface area contributed by atoms with Crippen molar-refractivity contribution in [1.82, 2.24) is 10.1 Å². The highest BCUT2D eigenvalue weighted by atomic mass is 16.5. The second-order valence-corrected chi connectivity index (χ2v) is 3.84. The molecule has 6 nitrogen and oxygen atoms in total. The topological polar surface area (TPSA) is 83.4 Å². The smallest absolute Gasteiger partial charge is 0.243 e. The first-order valence-corrected chi connectivity index (χ1v) is 5.92. The SMILES string of the molecule is CCCOCc1noc(C(N)CCCOC)n1. The standard InChI is InChI=1S/C11H21N3O3/c1-3-6-16-8-10-13-11(17-14-10)9(12)5-4-7-15-2/h9H,3-8,12H2,1-2H3. The van der Waals surface area contributed by atoms with Crippen LogP contribution in [0.25, 0.3) is 0 Å². The molecule has 1 rings (SSSR count). The summed E-state index contributed by atoms with van der Waals surface area (Å²) in [5.74, 6) is 1.02. The molecule has 0 aliphatic heterocycles. The van der Waals surface area contributed by atoms with E-state index in [1.807, 2.05) is 6.92 Å². The van der Waals surface area contributed by atoms with Gasteiger partial charge in [-0.3, -0.25) is 0 Å². The van der Waals surface area contributed by atoms with E-state index in [9.17, 15) is 0 Å². The predicted octanol–water partition coefficient (Wildman–Crippen LogP) is 1.42. The van der Waals surface area contributed by atoms with E-state index < -0.39 is 0 Å². The van der Waals surface area contributed by atoms with Crippen molar-refractivity contribution in [1.29, 1.82) is 0 Å². The fraction of sp³-hybridized carbons (Fsp3) is 0.818. The molecule has 17 heavy (non-hydrogen) atoms. The highest BCUT2D eigenvalue weighted by Gasteiger charge is 2.14. The first-order valence-electron chi connectivity index (χ1n) is 5.92. The third-order valence-electron chi connectivity index (χ3n) is 2.24. The summed E-state index contributed by atoms with van der Waals surface area (Å²) in [6, 6.07) is -0.224. The Morgan fingerprint density at radius 1 is 1.41 bits per heavy atom. The number of hydrogen-bond donors (Lipinski definition) is 1. The van der Waals surface area contributed by atoms with Crippen molar-refractivity contribution >= 4 is 0 Å². The Balaban J connectivity index is 2.33. The van der Waals surface area contributed by atoms with Crippen LogP contribution in [0.1, 0.15) is 43.9 Å². The summed E-state index contributed by atoms with van der Waals surface area (Å²) in [7, 11) is 1.67. The van der Waals surface area contributed by atoms with E-state index in [1.54, 1.807) is 7.11 Å². The van der Waals surface area contributed by atoms with Crippen molar-refractivity contribution in [3.8, 4) is 0 Å². The molecule has 0 saturated heterocycles. The molecule has 0 radical (unpaired) electrons. The van der Waals surface area contributed by atoms with Gasteiger partial charge in [0.1, 0.15) is 6.61 Å². The number of ether oxygens (including phenoxy) is 2. The summed E-state index contributed by atoms with van der Waals surface area (Å²) in [6.45, 7) is 3.81. The highest BCUT2D eigenvalue weighted by Crippen LogP contribution is 2.13. The molecule has 0 aliphatic rings. The fourth-order valence-corrected chi connectivity index (χ4v) is 1.36. The van der Waals surface area contributed by atoms with Gasteiger partial charge in [0, 0.05) is 20.3 Å². The normalized spacial score (nSPS) is 12.9. The van der Waals surface area contributed by atoms with Crippen LogP contribution in [0.2, 0.25) is 0 Å². The third-order valence-corrected chi connectivity index (χ3v) is 2.24. The quantitative estimate of drug-likeness (QED) is 0.660. The minimum atomic E-state index is -0.224. The molecular formula is C11H21N3O3. The maximum absolute atomic E-state index is 5.91. The Morgan fingerprint density at radius 2 is 2.24 bits per heavy atom. The number of hydrogen-bond acceptors (Lipinski definition) is 6. The first kappa shape index (κ1) is 14.1. The van der Waals surface area contributed by atoms with Crippen LogP contribution < -0.4 is 5.73 Å². The van der Waals surface area contributed by atoms with Gasteiger partial charge in [0.05, 0.1) is 6.04 Å². The Hall–Kier alpha value is -0.980. The Labute approximate surface area is 101 Å². The van der Waals surface area contributed by atoms with Crippen molar-refractivity contribution < 1.29 is 14.0 Å².